The van der Waals surface area contributed by atoms with Gasteiger partial charge in [-0.05, 0) is 62.9 Å². The highest BCUT2D eigenvalue weighted by Crippen LogP contribution is 2.32. The SMILES string of the molecule is Cc1cc(C)c(Nc2nc(C)c3c(n2)N(Cc2cccc(F)c2)CC3)c(C)c1.O=C(O)C(F)(F)F. The lowest BCUT2D eigenvalue weighted by Crippen LogP contribution is -2.21. The highest BCUT2D eigenvalue weighted by molar-refractivity contribution is 5.73. The summed E-state index contributed by atoms with van der Waals surface area (Å²) in [4.78, 5) is 20.6. The average Bonchev–Trinajstić information content (AvgIpc) is 3.13. The van der Waals surface area contributed by atoms with Gasteiger partial charge in [0.1, 0.15) is 11.6 Å². The molecule has 0 unspecified atom stereocenters. The first-order chi connectivity index (χ1) is 16.3. The van der Waals surface area contributed by atoms with E-state index in [9.17, 15) is 17.6 Å². The molecule has 2 heterocycles. The van der Waals surface area contributed by atoms with E-state index in [0.29, 0.717) is 12.5 Å². The Hall–Kier alpha value is -3.69. The second-order valence-electron chi connectivity index (χ2n) is 8.44. The van der Waals surface area contributed by atoms with E-state index in [0.717, 1.165) is 35.7 Å². The fourth-order valence-electron chi connectivity index (χ4n) is 4.04. The molecule has 3 aromatic rings. The van der Waals surface area contributed by atoms with Gasteiger partial charge >= 0.3 is 12.1 Å². The Morgan fingerprint density at radius 3 is 2.29 bits per heavy atom. The van der Waals surface area contributed by atoms with Crippen molar-refractivity contribution in [2.24, 2.45) is 0 Å². The van der Waals surface area contributed by atoms with Gasteiger partial charge < -0.3 is 15.3 Å². The van der Waals surface area contributed by atoms with E-state index in [1.54, 1.807) is 12.1 Å². The molecule has 0 bridgehead atoms. The quantitative estimate of drug-likeness (QED) is 0.451. The number of hydrogen-bond donors (Lipinski definition) is 2. The fourth-order valence-corrected chi connectivity index (χ4v) is 4.04. The van der Waals surface area contributed by atoms with Gasteiger partial charge in [0.15, 0.2) is 0 Å². The molecule has 6 nitrogen and oxygen atoms in total. The molecule has 0 radical (unpaired) electrons. The van der Waals surface area contributed by atoms with Crippen molar-refractivity contribution in [1.82, 2.24) is 9.97 Å². The fraction of sp³-hybridized carbons (Fsp3) is 0.320. The first-order valence-electron chi connectivity index (χ1n) is 10.9. The second-order valence-corrected chi connectivity index (χ2v) is 8.44. The molecule has 0 aliphatic carbocycles. The average molecular weight is 491 g/mol. The van der Waals surface area contributed by atoms with Crippen molar-refractivity contribution in [2.75, 3.05) is 16.8 Å². The van der Waals surface area contributed by atoms with Gasteiger partial charge in [-0.1, -0.05) is 29.8 Å². The monoisotopic (exact) mass is 490 g/mol. The molecule has 0 spiro atoms. The molecular weight excluding hydrogens is 464 g/mol. The van der Waals surface area contributed by atoms with Crippen molar-refractivity contribution in [2.45, 2.75) is 46.8 Å². The van der Waals surface area contributed by atoms with Crippen LogP contribution < -0.4 is 10.2 Å². The summed E-state index contributed by atoms with van der Waals surface area (Å²) in [6, 6.07) is 11.1. The smallest absolute Gasteiger partial charge is 0.475 e. The summed E-state index contributed by atoms with van der Waals surface area (Å²) in [7, 11) is 0. The number of aromatic nitrogens is 2. The van der Waals surface area contributed by atoms with Crippen LogP contribution in [-0.2, 0) is 17.8 Å². The summed E-state index contributed by atoms with van der Waals surface area (Å²) in [6.07, 6.45) is -4.17. The summed E-state index contributed by atoms with van der Waals surface area (Å²) < 4.78 is 45.3. The molecule has 1 aromatic heterocycles. The Balaban J connectivity index is 0.000000429. The number of benzene rings is 2. The molecule has 2 aromatic carbocycles. The second kappa shape index (κ2) is 10.3. The van der Waals surface area contributed by atoms with Gasteiger partial charge in [-0.25, -0.2) is 14.2 Å². The van der Waals surface area contributed by atoms with Crippen molar-refractivity contribution in [3.63, 3.8) is 0 Å². The van der Waals surface area contributed by atoms with Crippen molar-refractivity contribution in [3.8, 4) is 0 Å². The molecule has 1 aliphatic rings. The van der Waals surface area contributed by atoms with Gasteiger partial charge in [-0.15, -0.1) is 0 Å². The number of nitrogens with zero attached hydrogens (tertiary/aromatic N) is 3. The number of carboxylic acids is 1. The number of carbonyl (C=O) groups is 1. The van der Waals surface area contributed by atoms with Crippen LogP contribution in [0.15, 0.2) is 36.4 Å². The molecule has 0 fully saturated rings. The Kier molecular flexibility index (Phi) is 7.62. The first kappa shape index (κ1) is 25.9. The molecule has 0 saturated heterocycles. The zero-order valence-electron chi connectivity index (χ0n) is 19.8. The maximum atomic E-state index is 13.6. The van der Waals surface area contributed by atoms with Gasteiger partial charge in [0.2, 0.25) is 5.95 Å². The van der Waals surface area contributed by atoms with E-state index >= 15 is 0 Å². The number of rotatable bonds is 4. The highest BCUT2D eigenvalue weighted by Gasteiger charge is 2.38. The van der Waals surface area contributed by atoms with E-state index in [-0.39, 0.29) is 5.82 Å². The number of alkyl halides is 3. The summed E-state index contributed by atoms with van der Waals surface area (Å²) >= 11 is 0. The summed E-state index contributed by atoms with van der Waals surface area (Å²) in [5, 5.41) is 10.5. The third kappa shape index (κ3) is 6.46. The van der Waals surface area contributed by atoms with Crippen molar-refractivity contribution in [3.05, 3.63) is 75.7 Å². The zero-order chi connectivity index (χ0) is 25.9. The number of carboxylic acid groups (broad SMARTS) is 1. The predicted molar refractivity (Wildman–Crippen MR) is 126 cm³/mol. The topological polar surface area (TPSA) is 78.4 Å². The first-order valence-corrected chi connectivity index (χ1v) is 10.9. The number of nitrogens with one attached hydrogen (secondary N) is 1. The van der Waals surface area contributed by atoms with Gasteiger partial charge in [-0.3, -0.25) is 0 Å². The highest BCUT2D eigenvalue weighted by atomic mass is 19.4. The molecule has 186 valence electrons. The van der Waals surface area contributed by atoms with Crippen LogP contribution in [0.25, 0.3) is 0 Å². The number of fused-ring (bicyclic) bond motifs is 1. The molecule has 0 amide bonds. The number of aliphatic carboxylic acids is 1. The van der Waals surface area contributed by atoms with E-state index in [1.807, 2.05) is 13.0 Å². The van der Waals surface area contributed by atoms with E-state index in [4.69, 9.17) is 19.9 Å². The molecular formula is C25H26F4N4O2. The van der Waals surface area contributed by atoms with E-state index in [2.05, 4.69) is 43.1 Å². The van der Waals surface area contributed by atoms with Gasteiger partial charge in [0.25, 0.3) is 0 Å². The van der Waals surface area contributed by atoms with Crippen LogP contribution in [0, 0.1) is 33.5 Å². The molecule has 0 saturated carbocycles. The Morgan fingerprint density at radius 2 is 1.71 bits per heavy atom. The van der Waals surface area contributed by atoms with Crippen LogP contribution in [0.1, 0.15) is 33.5 Å². The number of aryl methyl sites for hydroxylation is 4. The number of halogens is 4. The normalized spacial score (nSPS) is 12.6. The third-order valence-electron chi connectivity index (χ3n) is 5.54. The number of anilines is 3. The van der Waals surface area contributed by atoms with Gasteiger partial charge in [-0.2, -0.15) is 18.2 Å². The lowest BCUT2D eigenvalue weighted by atomic mass is 10.1. The van der Waals surface area contributed by atoms with E-state index < -0.39 is 12.1 Å². The Morgan fingerprint density at radius 1 is 1.09 bits per heavy atom. The van der Waals surface area contributed by atoms with Crippen LogP contribution in [0.3, 0.4) is 0 Å². The minimum atomic E-state index is -5.08. The summed E-state index contributed by atoms with van der Waals surface area (Å²) in [5.74, 6) is -1.41. The maximum Gasteiger partial charge on any atom is 0.490 e. The van der Waals surface area contributed by atoms with Crippen LogP contribution in [0.2, 0.25) is 0 Å². The van der Waals surface area contributed by atoms with Crippen LogP contribution in [0.5, 0.6) is 0 Å². The lowest BCUT2D eigenvalue weighted by Gasteiger charge is -2.20. The van der Waals surface area contributed by atoms with Crippen molar-refractivity contribution in [1.29, 1.82) is 0 Å². The van der Waals surface area contributed by atoms with E-state index in [1.165, 1.54) is 28.3 Å². The molecule has 2 N–H and O–H groups in total. The zero-order valence-corrected chi connectivity index (χ0v) is 19.8. The maximum absolute atomic E-state index is 13.6. The standard InChI is InChI=1S/C23H25FN4.C2HF3O2/c1-14-10-15(2)21(16(3)11-14)26-23-25-17(4)20-8-9-28(22(20)27-23)13-18-6-5-7-19(24)12-18;3-2(4,5)1(6)7/h5-7,10-12H,8-9,13H2,1-4H3,(H,25,26,27);(H,6,7). The number of hydrogen-bond acceptors (Lipinski definition) is 5. The predicted octanol–water partition coefficient (Wildman–Crippen LogP) is 5.79. The van der Waals surface area contributed by atoms with Crippen molar-refractivity contribution >= 4 is 23.4 Å². The lowest BCUT2D eigenvalue weighted by molar-refractivity contribution is -0.192. The van der Waals surface area contributed by atoms with Crippen LogP contribution in [0.4, 0.5) is 35.0 Å². The minimum Gasteiger partial charge on any atom is -0.475 e. The molecule has 10 heteroatoms. The van der Waals surface area contributed by atoms with Crippen molar-refractivity contribution < 1.29 is 27.5 Å². The molecule has 35 heavy (non-hydrogen) atoms. The van der Waals surface area contributed by atoms with Gasteiger partial charge in [0.05, 0.1) is 0 Å². The summed E-state index contributed by atoms with van der Waals surface area (Å²) in [5.41, 5.74) is 7.78. The Labute approximate surface area is 200 Å². The van der Waals surface area contributed by atoms with Gasteiger partial charge in [0, 0.05) is 30.0 Å². The largest absolute Gasteiger partial charge is 0.490 e. The summed E-state index contributed by atoms with van der Waals surface area (Å²) in [6.45, 7) is 9.84. The molecule has 0 atom stereocenters. The minimum absolute atomic E-state index is 0.205. The molecule has 1 aliphatic heterocycles. The van der Waals surface area contributed by atoms with Crippen LogP contribution >= 0.6 is 0 Å². The van der Waals surface area contributed by atoms with Crippen LogP contribution in [-0.4, -0.2) is 33.8 Å². The third-order valence-corrected chi connectivity index (χ3v) is 5.54. The Bertz CT molecular complexity index is 1220. The molecule has 4 rings (SSSR count).